The van der Waals surface area contributed by atoms with E-state index in [0.29, 0.717) is 12.5 Å². The minimum atomic E-state index is 0.357. The molecule has 0 spiro atoms. The van der Waals surface area contributed by atoms with Crippen LogP contribution >= 0.6 is 11.3 Å². The minimum Gasteiger partial charge on any atom is -0.368 e. The summed E-state index contributed by atoms with van der Waals surface area (Å²) < 4.78 is 1.16. The van der Waals surface area contributed by atoms with E-state index in [0.717, 1.165) is 41.3 Å². The molecule has 1 unspecified atom stereocenters. The summed E-state index contributed by atoms with van der Waals surface area (Å²) in [6.07, 6.45) is 3.51. The molecule has 2 heterocycles. The number of anilines is 2. The Balaban J connectivity index is 2.17. The quantitative estimate of drug-likeness (QED) is 0.901. The van der Waals surface area contributed by atoms with Gasteiger partial charge in [-0.2, -0.15) is 4.98 Å². The normalized spacial score (nSPS) is 18.2. The maximum Gasteiger partial charge on any atom is 0.222 e. The van der Waals surface area contributed by atoms with Gasteiger partial charge in [-0.25, -0.2) is 4.98 Å². The van der Waals surface area contributed by atoms with E-state index in [1.807, 2.05) is 18.4 Å². The maximum atomic E-state index is 5.91. The molecule has 5 nitrogen and oxygen atoms in total. The molecule has 0 radical (unpaired) electrons. The van der Waals surface area contributed by atoms with Gasteiger partial charge < -0.3 is 16.4 Å². The Morgan fingerprint density at radius 3 is 2.95 bits per heavy atom. The van der Waals surface area contributed by atoms with Crippen LogP contribution in [0.5, 0.6) is 0 Å². The number of nitrogens with two attached hydrogens (primary N) is 2. The third-order valence-electron chi connectivity index (χ3n) is 3.96. The first-order valence-corrected chi connectivity index (χ1v) is 7.90. The number of fused-ring (bicyclic) bond motifs is 3. The van der Waals surface area contributed by atoms with Crippen molar-refractivity contribution in [1.82, 2.24) is 9.97 Å². The van der Waals surface area contributed by atoms with Crippen LogP contribution in [0.2, 0.25) is 0 Å². The Morgan fingerprint density at radius 2 is 2.20 bits per heavy atom. The van der Waals surface area contributed by atoms with Gasteiger partial charge in [0.1, 0.15) is 0 Å². The molecule has 20 heavy (non-hydrogen) atoms. The molecule has 0 saturated heterocycles. The molecule has 3 rings (SSSR count). The first-order valence-electron chi connectivity index (χ1n) is 7.09. The number of hydrogen-bond donors (Lipinski definition) is 2. The predicted molar refractivity (Wildman–Crippen MR) is 85.3 cm³/mol. The van der Waals surface area contributed by atoms with E-state index in [2.05, 4.69) is 21.8 Å². The SMILES string of the molecule is CC1CCc2sc3c(N(C)CCN)nc(N)nc3c2C1. The van der Waals surface area contributed by atoms with Crippen molar-refractivity contribution in [3.05, 3.63) is 10.4 Å². The molecular weight excluding hydrogens is 270 g/mol. The van der Waals surface area contributed by atoms with Crippen LogP contribution in [0.3, 0.4) is 0 Å². The van der Waals surface area contributed by atoms with Crippen LogP contribution in [-0.2, 0) is 12.8 Å². The van der Waals surface area contributed by atoms with Gasteiger partial charge in [-0.15, -0.1) is 11.3 Å². The molecular formula is C14H21N5S. The van der Waals surface area contributed by atoms with Gasteiger partial charge >= 0.3 is 0 Å². The smallest absolute Gasteiger partial charge is 0.222 e. The van der Waals surface area contributed by atoms with Crippen LogP contribution < -0.4 is 16.4 Å². The van der Waals surface area contributed by atoms with E-state index in [-0.39, 0.29) is 0 Å². The Labute approximate surface area is 123 Å². The molecule has 0 saturated carbocycles. The molecule has 6 heteroatoms. The highest BCUT2D eigenvalue weighted by atomic mass is 32.1. The molecule has 0 amide bonds. The van der Waals surface area contributed by atoms with Crippen molar-refractivity contribution in [1.29, 1.82) is 0 Å². The maximum absolute atomic E-state index is 5.91. The topological polar surface area (TPSA) is 81.1 Å². The van der Waals surface area contributed by atoms with Gasteiger partial charge in [0.15, 0.2) is 5.82 Å². The van der Waals surface area contributed by atoms with Gasteiger partial charge in [0.25, 0.3) is 0 Å². The third kappa shape index (κ3) is 2.23. The lowest BCUT2D eigenvalue weighted by Crippen LogP contribution is -2.26. The molecule has 1 aliphatic carbocycles. The van der Waals surface area contributed by atoms with E-state index in [1.54, 1.807) is 0 Å². The predicted octanol–water partition coefficient (Wildman–Crippen LogP) is 1.79. The Kier molecular flexibility index (Phi) is 3.52. The van der Waals surface area contributed by atoms with Gasteiger partial charge in [-0.05, 0) is 30.7 Å². The van der Waals surface area contributed by atoms with E-state index in [9.17, 15) is 0 Å². The summed E-state index contributed by atoms with van der Waals surface area (Å²) >= 11 is 1.83. The van der Waals surface area contributed by atoms with Crippen LogP contribution in [0.25, 0.3) is 10.2 Å². The van der Waals surface area contributed by atoms with E-state index < -0.39 is 0 Å². The fourth-order valence-electron chi connectivity index (χ4n) is 2.87. The number of aryl methyl sites for hydroxylation is 1. The monoisotopic (exact) mass is 291 g/mol. The van der Waals surface area contributed by atoms with Gasteiger partial charge in [-0.1, -0.05) is 6.92 Å². The van der Waals surface area contributed by atoms with Crippen molar-refractivity contribution in [2.45, 2.75) is 26.2 Å². The minimum absolute atomic E-state index is 0.357. The lowest BCUT2D eigenvalue weighted by Gasteiger charge is -2.18. The van der Waals surface area contributed by atoms with Crippen molar-refractivity contribution < 1.29 is 0 Å². The summed E-state index contributed by atoms with van der Waals surface area (Å²) in [4.78, 5) is 12.5. The molecule has 1 aliphatic rings. The van der Waals surface area contributed by atoms with Gasteiger partial charge in [0, 0.05) is 25.0 Å². The van der Waals surface area contributed by atoms with Crippen LogP contribution in [-0.4, -0.2) is 30.1 Å². The Hall–Kier alpha value is -1.40. The second-order valence-corrected chi connectivity index (χ2v) is 6.75. The molecule has 2 aromatic rings. The molecule has 108 valence electrons. The number of aromatic nitrogens is 2. The van der Waals surface area contributed by atoms with Crippen molar-refractivity contribution in [3.63, 3.8) is 0 Å². The van der Waals surface area contributed by atoms with E-state index >= 15 is 0 Å². The second-order valence-electron chi connectivity index (χ2n) is 5.65. The average molecular weight is 291 g/mol. The third-order valence-corrected chi connectivity index (χ3v) is 5.23. The van der Waals surface area contributed by atoms with E-state index in [4.69, 9.17) is 11.5 Å². The molecule has 0 aliphatic heterocycles. The molecule has 4 N–H and O–H groups in total. The summed E-state index contributed by atoms with van der Waals surface area (Å²) in [6.45, 7) is 3.67. The van der Waals surface area contributed by atoms with Crippen molar-refractivity contribution in [3.8, 4) is 0 Å². The largest absolute Gasteiger partial charge is 0.368 e. The highest BCUT2D eigenvalue weighted by Crippen LogP contribution is 2.40. The zero-order valence-corrected chi connectivity index (χ0v) is 12.8. The summed E-state index contributed by atoms with van der Waals surface area (Å²) in [5.74, 6) is 2.00. The summed E-state index contributed by atoms with van der Waals surface area (Å²) in [7, 11) is 2.01. The highest BCUT2D eigenvalue weighted by molar-refractivity contribution is 7.19. The molecule has 0 bridgehead atoms. The van der Waals surface area contributed by atoms with Crippen molar-refractivity contribution in [2.24, 2.45) is 11.7 Å². The summed E-state index contributed by atoms with van der Waals surface area (Å²) in [5, 5.41) is 0. The molecule has 1 atom stereocenters. The summed E-state index contributed by atoms with van der Waals surface area (Å²) in [6, 6.07) is 0. The lowest BCUT2D eigenvalue weighted by molar-refractivity contribution is 0.508. The lowest BCUT2D eigenvalue weighted by atomic mass is 9.89. The van der Waals surface area contributed by atoms with Crippen LogP contribution in [0.1, 0.15) is 23.8 Å². The Morgan fingerprint density at radius 1 is 1.40 bits per heavy atom. The average Bonchev–Trinajstić information content (AvgIpc) is 2.76. The fourth-order valence-corrected chi connectivity index (χ4v) is 4.20. The Bertz CT molecular complexity index is 636. The molecule has 0 aromatic carbocycles. The fraction of sp³-hybridized carbons (Fsp3) is 0.571. The van der Waals surface area contributed by atoms with Crippen molar-refractivity contribution >= 4 is 33.3 Å². The number of rotatable bonds is 3. The number of nitrogens with zero attached hydrogens (tertiary/aromatic N) is 3. The van der Waals surface area contributed by atoms with Crippen LogP contribution in [0.15, 0.2) is 0 Å². The standard InChI is InChI=1S/C14H21N5S/c1-8-3-4-10-9(7-8)11-12(20-10)13(18-14(16)17-11)19(2)6-5-15/h8H,3-7,15H2,1-2H3,(H2,16,17,18). The van der Waals surface area contributed by atoms with Gasteiger partial charge in [0.2, 0.25) is 5.95 Å². The first-order chi connectivity index (χ1) is 9.60. The molecule has 2 aromatic heterocycles. The number of hydrogen-bond acceptors (Lipinski definition) is 6. The van der Waals surface area contributed by atoms with Crippen LogP contribution in [0.4, 0.5) is 11.8 Å². The van der Waals surface area contributed by atoms with Crippen LogP contribution in [0, 0.1) is 5.92 Å². The molecule has 0 fully saturated rings. The number of nitrogen functional groups attached to an aromatic ring is 1. The highest BCUT2D eigenvalue weighted by Gasteiger charge is 2.24. The second kappa shape index (κ2) is 5.18. The zero-order valence-electron chi connectivity index (χ0n) is 12.0. The van der Waals surface area contributed by atoms with Gasteiger partial charge in [-0.3, -0.25) is 0 Å². The summed E-state index contributed by atoms with van der Waals surface area (Å²) in [5.41, 5.74) is 14.0. The zero-order chi connectivity index (χ0) is 14.3. The van der Waals surface area contributed by atoms with Gasteiger partial charge in [0.05, 0.1) is 10.2 Å². The number of thiophene rings is 1. The number of likely N-dealkylation sites (N-methyl/N-ethyl adjacent to an activating group) is 1. The van der Waals surface area contributed by atoms with Crippen molar-refractivity contribution in [2.75, 3.05) is 30.8 Å². The first kappa shape index (κ1) is 13.6. The van der Waals surface area contributed by atoms with E-state index in [1.165, 1.54) is 16.9 Å².